The predicted octanol–water partition coefficient (Wildman–Crippen LogP) is 4.20. The van der Waals surface area contributed by atoms with Gasteiger partial charge in [-0.2, -0.15) is 8.78 Å². The Bertz CT molecular complexity index is 821. The molecule has 0 aliphatic rings. The Morgan fingerprint density at radius 2 is 1.74 bits per heavy atom. The van der Waals surface area contributed by atoms with Crippen LogP contribution < -0.4 is 14.2 Å². The van der Waals surface area contributed by atoms with Gasteiger partial charge < -0.3 is 18.9 Å². The molecule has 144 valence electrons. The van der Waals surface area contributed by atoms with Gasteiger partial charge in [0.25, 0.3) is 0 Å². The van der Waals surface area contributed by atoms with Crippen LogP contribution in [0.3, 0.4) is 0 Å². The summed E-state index contributed by atoms with van der Waals surface area (Å²) in [5.41, 5.74) is 0.978. The molecule has 27 heavy (non-hydrogen) atoms. The number of carbonyl (C=O) groups excluding carboxylic acids is 1. The maximum absolute atomic E-state index is 13.6. The van der Waals surface area contributed by atoms with Gasteiger partial charge in [-0.15, -0.1) is 0 Å². The van der Waals surface area contributed by atoms with E-state index in [2.05, 4.69) is 4.74 Å². The standard InChI is InChI=1S/C19H17F3O5/c1-24-15-6-4-13(9-14(15)20)11-26-18(23)8-5-12-3-7-16(27-19(21)22)17(10-12)25-2/h3-10,19H,11H2,1-2H3/b8-5+. The Labute approximate surface area is 153 Å². The number of hydrogen-bond acceptors (Lipinski definition) is 5. The summed E-state index contributed by atoms with van der Waals surface area (Å²) in [5, 5.41) is 0. The van der Waals surface area contributed by atoms with Crippen molar-refractivity contribution in [2.45, 2.75) is 13.2 Å². The van der Waals surface area contributed by atoms with Gasteiger partial charge in [0, 0.05) is 6.08 Å². The van der Waals surface area contributed by atoms with Crippen LogP contribution in [0.15, 0.2) is 42.5 Å². The van der Waals surface area contributed by atoms with E-state index in [9.17, 15) is 18.0 Å². The summed E-state index contributed by atoms with van der Waals surface area (Å²) in [5.74, 6) is -1.13. The van der Waals surface area contributed by atoms with Crippen molar-refractivity contribution in [1.82, 2.24) is 0 Å². The molecular formula is C19H17F3O5. The average molecular weight is 382 g/mol. The smallest absolute Gasteiger partial charge is 0.387 e. The summed E-state index contributed by atoms with van der Waals surface area (Å²) >= 11 is 0. The first-order chi connectivity index (χ1) is 12.9. The minimum absolute atomic E-state index is 0.0955. The SMILES string of the molecule is COc1ccc(COC(=O)/C=C/c2ccc(OC(F)F)c(OC)c2)cc1F. The molecule has 0 aliphatic heterocycles. The molecule has 0 spiro atoms. The summed E-state index contributed by atoms with van der Waals surface area (Å²) in [6.45, 7) is -3.09. The largest absolute Gasteiger partial charge is 0.494 e. The van der Waals surface area contributed by atoms with E-state index in [1.807, 2.05) is 0 Å². The molecule has 0 heterocycles. The minimum Gasteiger partial charge on any atom is -0.494 e. The molecule has 0 aromatic heterocycles. The Morgan fingerprint density at radius 3 is 2.37 bits per heavy atom. The van der Waals surface area contributed by atoms with Crippen LogP contribution in [-0.4, -0.2) is 26.8 Å². The molecule has 0 aliphatic carbocycles. The molecule has 2 aromatic carbocycles. The van der Waals surface area contributed by atoms with E-state index in [0.717, 1.165) is 6.08 Å². The van der Waals surface area contributed by atoms with Crippen molar-refractivity contribution in [2.75, 3.05) is 14.2 Å². The van der Waals surface area contributed by atoms with E-state index in [1.54, 1.807) is 6.07 Å². The van der Waals surface area contributed by atoms with Crippen molar-refractivity contribution >= 4 is 12.0 Å². The minimum atomic E-state index is -2.97. The van der Waals surface area contributed by atoms with E-state index in [-0.39, 0.29) is 23.9 Å². The van der Waals surface area contributed by atoms with E-state index < -0.39 is 18.4 Å². The van der Waals surface area contributed by atoms with Crippen LogP contribution in [0.25, 0.3) is 6.08 Å². The second kappa shape index (κ2) is 9.51. The highest BCUT2D eigenvalue weighted by atomic mass is 19.3. The van der Waals surface area contributed by atoms with Crippen LogP contribution in [-0.2, 0) is 16.1 Å². The van der Waals surface area contributed by atoms with E-state index in [0.29, 0.717) is 11.1 Å². The monoisotopic (exact) mass is 382 g/mol. The third-order valence-corrected chi connectivity index (χ3v) is 3.41. The molecule has 8 heteroatoms. The first-order valence-electron chi connectivity index (χ1n) is 7.73. The lowest BCUT2D eigenvalue weighted by Gasteiger charge is -2.10. The number of alkyl halides is 2. The van der Waals surface area contributed by atoms with Crippen molar-refractivity contribution < 1.29 is 36.9 Å². The third-order valence-electron chi connectivity index (χ3n) is 3.41. The Hall–Kier alpha value is -3.16. The molecule has 0 amide bonds. The van der Waals surface area contributed by atoms with Gasteiger partial charge in [0.15, 0.2) is 23.1 Å². The average Bonchev–Trinajstić information content (AvgIpc) is 2.65. The molecule has 2 aromatic rings. The highest BCUT2D eigenvalue weighted by Crippen LogP contribution is 2.29. The van der Waals surface area contributed by atoms with Crippen LogP contribution >= 0.6 is 0 Å². The fourth-order valence-corrected chi connectivity index (χ4v) is 2.15. The molecule has 0 saturated heterocycles. The summed E-state index contributed by atoms with van der Waals surface area (Å²) < 4.78 is 57.3. The zero-order valence-electron chi connectivity index (χ0n) is 14.6. The van der Waals surface area contributed by atoms with E-state index >= 15 is 0 Å². The zero-order chi connectivity index (χ0) is 19.8. The topological polar surface area (TPSA) is 54.0 Å². The summed E-state index contributed by atoms with van der Waals surface area (Å²) in [7, 11) is 2.66. The molecule has 2 rings (SSSR count). The van der Waals surface area contributed by atoms with Gasteiger partial charge in [-0.05, 0) is 41.5 Å². The van der Waals surface area contributed by atoms with Crippen molar-refractivity contribution in [3.63, 3.8) is 0 Å². The summed E-state index contributed by atoms with van der Waals surface area (Å²) in [6.07, 6.45) is 2.58. The molecular weight excluding hydrogens is 365 g/mol. The Morgan fingerprint density at radius 1 is 1.04 bits per heavy atom. The zero-order valence-corrected chi connectivity index (χ0v) is 14.6. The van der Waals surface area contributed by atoms with Crippen LogP contribution in [0.1, 0.15) is 11.1 Å². The highest BCUT2D eigenvalue weighted by molar-refractivity contribution is 5.87. The Balaban J connectivity index is 1.97. The van der Waals surface area contributed by atoms with Crippen molar-refractivity contribution in [1.29, 1.82) is 0 Å². The van der Waals surface area contributed by atoms with Gasteiger partial charge in [-0.3, -0.25) is 0 Å². The molecule has 0 saturated carbocycles. The fraction of sp³-hybridized carbons (Fsp3) is 0.211. The number of ether oxygens (including phenoxy) is 4. The number of benzene rings is 2. The molecule has 0 N–H and O–H groups in total. The number of halogens is 3. The molecule has 0 unspecified atom stereocenters. The lowest BCUT2D eigenvalue weighted by Crippen LogP contribution is -2.03. The van der Waals surface area contributed by atoms with Gasteiger partial charge in [0.05, 0.1) is 14.2 Å². The van der Waals surface area contributed by atoms with Crippen LogP contribution in [0.5, 0.6) is 17.2 Å². The predicted molar refractivity (Wildman–Crippen MR) is 91.4 cm³/mol. The first kappa shape index (κ1) is 20.2. The van der Waals surface area contributed by atoms with Crippen molar-refractivity contribution in [3.8, 4) is 17.2 Å². The first-order valence-corrected chi connectivity index (χ1v) is 7.73. The molecule has 0 fully saturated rings. The second-order valence-electron chi connectivity index (χ2n) is 5.20. The number of esters is 1. The fourth-order valence-electron chi connectivity index (χ4n) is 2.15. The lowest BCUT2D eigenvalue weighted by molar-refractivity contribution is -0.138. The van der Waals surface area contributed by atoms with Gasteiger partial charge >= 0.3 is 12.6 Å². The maximum atomic E-state index is 13.6. The molecule has 0 radical (unpaired) electrons. The van der Waals surface area contributed by atoms with Crippen LogP contribution in [0, 0.1) is 5.82 Å². The van der Waals surface area contributed by atoms with Gasteiger partial charge in [0.2, 0.25) is 0 Å². The number of carbonyl (C=O) groups is 1. The summed E-state index contributed by atoms with van der Waals surface area (Å²) in [4.78, 5) is 11.8. The molecule has 0 atom stereocenters. The highest BCUT2D eigenvalue weighted by Gasteiger charge is 2.10. The molecule has 0 bridgehead atoms. The Kier molecular flexibility index (Phi) is 7.10. The number of hydrogen-bond donors (Lipinski definition) is 0. The van der Waals surface area contributed by atoms with Crippen molar-refractivity contribution in [2.24, 2.45) is 0 Å². The molecule has 5 nitrogen and oxygen atoms in total. The van der Waals surface area contributed by atoms with E-state index in [1.165, 1.54) is 50.6 Å². The van der Waals surface area contributed by atoms with Gasteiger partial charge in [-0.1, -0.05) is 12.1 Å². The van der Waals surface area contributed by atoms with Gasteiger partial charge in [0.1, 0.15) is 6.61 Å². The number of methoxy groups -OCH3 is 2. The van der Waals surface area contributed by atoms with Crippen LogP contribution in [0.4, 0.5) is 13.2 Å². The van der Waals surface area contributed by atoms with Gasteiger partial charge in [-0.25, -0.2) is 9.18 Å². The van der Waals surface area contributed by atoms with Crippen molar-refractivity contribution in [3.05, 3.63) is 59.4 Å². The summed E-state index contributed by atoms with van der Waals surface area (Å²) in [6, 6.07) is 8.43. The normalized spacial score (nSPS) is 10.9. The third kappa shape index (κ3) is 5.95. The quantitative estimate of drug-likeness (QED) is 0.506. The maximum Gasteiger partial charge on any atom is 0.387 e. The van der Waals surface area contributed by atoms with E-state index in [4.69, 9.17) is 14.2 Å². The number of rotatable bonds is 8. The second-order valence-corrected chi connectivity index (χ2v) is 5.20. The lowest BCUT2D eigenvalue weighted by atomic mass is 10.2. The van der Waals surface area contributed by atoms with Crippen LogP contribution in [0.2, 0.25) is 0 Å².